The van der Waals surface area contributed by atoms with E-state index in [-0.39, 0.29) is 18.2 Å². The van der Waals surface area contributed by atoms with Gasteiger partial charge in [-0.25, -0.2) is 4.39 Å². The van der Waals surface area contributed by atoms with Crippen molar-refractivity contribution in [2.45, 2.75) is 12.3 Å². The molecule has 1 N–H and O–H groups in total. The quantitative estimate of drug-likeness (QED) is 0.748. The van der Waals surface area contributed by atoms with Crippen LogP contribution in [-0.2, 0) is 4.79 Å². The Morgan fingerprint density at radius 3 is 2.50 bits per heavy atom. The maximum atomic E-state index is 12.6. The average molecular weight is 194 g/mol. The zero-order valence-corrected chi connectivity index (χ0v) is 7.61. The number of hydrogen-bond donors (Lipinski definition) is 1. The van der Waals surface area contributed by atoms with Crippen LogP contribution in [0.3, 0.4) is 0 Å². The van der Waals surface area contributed by atoms with E-state index in [4.69, 9.17) is 5.11 Å². The van der Waals surface area contributed by atoms with Crippen molar-refractivity contribution >= 4 is 5.97 Å². The first-order chi connectivity index (χ1) is 6.63. The van der Waals surface area contributed by atoms with Crippen molar-refractivity contribution in [1.82, 2.24) is 0 Å². The molecule has 0 bridgehead atoms. The van der Waals surface area contributed by atoms with Crippen LogP contribution in [0.15, 0.2) is 36.9 Å². The van der Waals surface area contributed by atoms with Gasteiger partial charge in [0.05, 0.1) is 6.42 Å². The molecule has 0 amide bonds. The summed E-state index contributed by atoms with van der Waals surface area (Å²) in [5, 5.41) is 8.61. The second-order valence-electron chi connectivity index (χ2n) is 2.99. The Morgan fingerprint density at radius 2 is 2.07 bits per heavy atom. The molecule has 0 spiro atoms. The molecule has 0 radical (unpaired) electrons. The Hall–Kier alpha value is -1.64. The number of allylic oxidation sites excluding steroid dienone is 1. The number of hydrogen-bond acceptors (Lipinski definition) is 1. The van der Waals surface area contributed by atoms with Crippen LogP contribution in [0.1, 0.15) is 17.9 Å². The van der Waals surface area contributed by atoms with Crippen LogP contribution in [-0.4, -0.2) is 11.1 Å². The molecule has 0 unspecified atom stereocenters. The molecule has 0 aromatic heterocycles. The Balaban J connectivity index is 2.84. The molecule has 0 aliphatic heterocycles. The predicted molar refractivity (Wildman–Crippen MR) is 51.6 cm³/mol. The molecule has 0 aliphatic rings. The van der Waals surface area contributed by atoms with Crippen molar-refractivity contribution in [2.24, 2.45) is 0 Å². The summed E-state index contributed by atoms with van der Waals surface area (Å²) in [7, 11) is 0. The zero-order valence-electron chi connectivity index (χ0n) is 7.61. The standard InChI is InChI=1S/C11H11FO2/c1-2-8(7-11(13)14)9-3-5-10(12)6-4-9/h2-6,8H,1,7H2,(H,13,14)/t8-/m1/s1. The lowest BCUT2D eigenvalue weighted by Crippen LogP contribution is -2.03. The van der Waals surface area contributed by atoms with E-state index in [9.17, 15) is 9.18 Å². The lowest BCUT2D eigenvalue weighted by Gasteiger charge is -2.09. The Kier molecular flexibility index (Phi) is 3.40. The van der Waals surface area contributed by atoms with Crippen molar-refractivity contribution in [3.8, 4) is 0 Å². The van der Waals surface area contributed by atoms with Gasteiger partial charge in [0, 0.05) is 5.92 Å². The van der Waals surface area contributed by atoms with Gasteiger partial charge < -0.3 is 5.11 Å². The molecule has 0 saturated heterocycles. The SMILES string of the molecule is C=C[C@H](CC(=O)O)c1ccc(F)cc1. The lowest BCUT2D eigenvalue weighted by molar-refractivity contribution is -0.137. The van der Waals surface area contributed by atoms with Crippen molar-refractivity contribution in [1.29, 1.82) is 0 Å². The number of carboxylic acid groups (broad SMARTS) is 1. The Morgan fingerprint density at radius 1 is 1.50 bits per heavy atom. The van der Waals surface area contributed by atoms with Crippen molar-refractivity contribution in [3.63, 3.8) is 0 Å². The minimum atomic E-state index is -0.890. The first-order valence-electron chi connectivity index (χ1n) is 4.23. The van der Waals surface area contributed by atoms with Crippen LogP contribution in [0.4, 0.5) is 4.39 Å². The maximum Gasteiger partial charge on any atom is 0.304 e. The minimum Gasteiger partial charge on any atom is -0.481 e. The second kappa shape index (κ2) is 4.56. The van der Waals surface area contributed by atoms with Crippen molar-refractivity contribution < 1.29 is 14.3 Å². The highest BCUT2D eigenvalue weighted by atomic mass is 19.1. The molecule has 0 saturated carbocycles. The zero-order chi connectivity index (χ0) is 10.6. The Labute approximate surface area is 81.7 Å². The molecule has 1 aromatic carbocycles. The summed E-state index contributed by atoms with van der Waals surface area (Å²) in [5.41, 5.74) is 0.767. The summed E-state index contributed by atoms with van der Waals surface area (Å²) < 4.78 is 12.6. The number of aliphatic carboxylic acids is 1. The third kappa shape index (κ3) is 2.69. The van der Waals surface area contributed by atoms with Gasteiger partial charge in [-0.15, -0.1) is 6.58 Å². The number of carbonyl (C=O) groups is 1. The van der Waals surface area contributed by atoms with E-state index in [2.05, 4.69) is 6.58 Å². The van der Waals surface area contributed by atoms with E-state index < -0.39 is 5.97 Å². The molecule has 14 heavy (non-hydrogen) atoms. The molecule has 3 heteroatoms. The van der Waals surface area contributed by atoms with Crippen molar-refractivity contribution in [2.75, 3.05) is 0 Å². The molecule has 0 fully saturated rings. The van der Waals surface area contributed by atoms with E-state index in [0.29, 0.717) is 0 Å². The minimum absolute atomic E-state index is 0.0187. The molecule has 0 aliphatic carbocycles. The highest BCUT2D eigenvalue weighted by Crippen LogP contribution is 2.20. The van der Waals surface area contributed by atoms with Gasteiger partial charge in [-0.3, -0.25) is 4.79 Å². The maximum absolute atomic E-state index is 12.6. The van der Waals surface area contributed by atoms with Gasteiger partial charge in [0.15, 0.2) is 0 Å². The summed E-state index contributed by atoms with van der Waals surface area (Å²) >= 11 is 0. The van der Waals surface area contributed by atoms with Crippen molar-refractivity contribution in [3.05, 3.63) is 48.3 Å². The molecule has 1 atom stereocenters. The van der Waals surface area contributed by atoms with Crippen LogP contribution < -0.4 is 0 Å². The van der Waals surface area contributed by atoms with Crippen LogP contribution in [0.5, 0.6) is 0 Å². The van der Waals surface area contributed by atoms with Gasteiger partial charge in [0.2, 0.25) is 0 Å². The van der Waals surface area contributed by atoms with E-state index in [1.807, 2.05) is 0 Å². The van der Waals surface area contributed by atoms with Gasteiger partial charge in [0.1, 0.15) is 5.82 Å². The van der Waals surface area contributed by atoms with E-state index in [0.717, 1.165) is 5.56 Å². The molecular formula is C11H11FO2. The number of benzene rings is 1. The first kappa shape index (κ1) is 10.4. The topological polar surface area (TPSA) is 37.3 Å². The van der Waals surface area contributed by atoms with E-state index in [1.54, 1.807) is 18.2 Å². The fourth-order valence-electron chi connectivity index (χ4n) is 1.24. The van der Waals surface area contributed by atoms with Gasteiger partial charge >= 0.3 is 5.97 Å². The lowest BCUT2D eigenvalue weighted by atomic mass is 9.96. The van der Waals surface area contributed by atoms with Gasteiger partial charge in [-0.1, -0.05) is 18.2 Å². The summed E-state index contributed by atoms with van der Waals surface area (Å²) in [6.07, 6.45) is 1.54. The largest absolute Gasteiger partial charge is 0.481 e. The average Bonchev–Trinajstić information content (AvgIpc) is 2.15. The monoisotopic (exact) mass is 194 g/mol. The third-order valence-corrected chi connectivity index (χ3v) is 1.98. The highest BCUT2D eigenvalue weighted by Gasteiger charge is 2.11. The molecule has 2 nitrogen and oxygen atoms in total. The summed E-state index contributed by atoms with van der Waals surface area (Å²) in [5.74, 6) is -1.47. The van der Waals surface area contributed by atoms with Gasteiger partial charge in [0.25, 0.3) is 0 Å². The Bertz CT molecular complexity index is 330. The normalized spacial score (nSPS) is 12.1. The third-order valence-electron chi connectivity index (χ3n) is 1.98. The summed E-state index contributed by atoms with van der Waals surface area (Å²) in [6, 6.07) is 5.77. The summed E-state index contributed by atoms with van der Waals surface area (Å²) in [6.45, 7) is 3.56. The molecule has 0 heterocycles. The molecule has 1 aromatic rings. The number of halogens is 1. The predicted octanol–water partition coefficient (Wildman–Crippen LogP) is 2.57. The van der Waals surface area contributed by atoms with E-state index >= 15 is 0 Å². The highest BCUT2D eigenvalue weighted by molar-refractivity contribution is 5.68. The number of carboxylic acids is 1. The van der Waals surface area contributed by atoms with Crippen LogP contribution >= 0.6 is 0 Å². The smallest absolute Gasteiger partial charge is 0.304 e. The number of rotatable bonds is 4. The van der Waals surface area contributed by atoms with Crippen LogP contribution in [0.2, 0.25) is 0 Å². The first-order valence-corrected chi connectivity index (χ1v) is 4.23. The van der Waals surface area contributed by atoms with E-state index in [1.165, 1.54) is 12.1 Å². The van der Waals surface area contributed by atoms with Crippen LogP contribution in [0.25, 0.3) is 0 Å². The second-order valence-corrected chi connectivity index (χ2v) is 2.99. The molecule has 74 valence electrons. The molecular weight excluding hydrogens is 183 g/mol. The van der Waals surface area contributed by atoms with Gasteiger partial charge in [-0.05, 0) is 17.7 Å². The fourth-order valence-corrected chi connectivity index (χ4v) is 1.24. The van der Waals surface area contributed by atoms with Crippen LogP contribution in [0, 0.1) is 5.82 Å². The van der Waals surface area contributed by atoms with Gasteiger partial charge in [-0.2, -0.15) is 0 Å². The molecule has 1 rings (SSSR count). The fraction of sp³-hybridized carbons (Fsp3) is 0.182. The summed E-state index contributed by atoms with van der Waals surface area (Å²) in [4.78, 5) is 10.5.